The number of anilines is 1. The number of aromatic nitrogens is 4. The molecule has 11 nitrogen and oxygen atoms in total. The molecule has 222 valence electrons. The van der Waals surface area contributed by atoms with Crippen LogP contribution in [0.3, 0.4) is 0 Å². The topological polar surface area (TPSA) is 152 Å². The number of nitrogens with one attached hydrogen (secondary N) is 1. The van der Waals surface area contributed by atoms with Gasteiger partial charge < -0.3 is 20.6 Å². The first-order chi connectivity index (χ1) is 21.3. The Hall–Kier alpha value is -5.14. The Bertz CT molecular complexity index is 2120. The van der Waals surface area contributed by atoms with Gasteiger partial charge in [-0.3, -0.25) is 9.69 Å². The number of aromatic hydroxyl groups is 1. The fraction of sp³-hybridized carbons (Fsp3) is 0.194. The molecule has 7 rings (SSSR count). The van der Waals surface area contributed by atoms with Crippen LogP contribution in [0, 0.1) is 5.82 Å². The van der Waals surface area contributed by atoms with Gasteiger partial charge >= 0.3 is 5.63 Å². The van der Waals surface area contributed by atoms with Crippen LogP contribution in [0.4, 0.5) is 10.2 Å². The van der Waals surface area contributed by atoms with Gasteiger partial charge in [0.05, 0.1) is 17.3 Å². The zero-order chi connectivity index (χ0) is 30.5. The van der Waals surface area contributed by atoms with Gasteiger partial charge in [-0.1, -0.05) is 18.2 Å². The van der Waals surface area contributed by atoms with Gasteiger partial charge in [0.15, 0.2) is 5.65 Å². The Morgan fingerprint density at radius 3 is 2.75 bits per heavy atom. The van der Waals surface area contributed by atoms with E-state index in [2.05, 4.69) is 20.2 Å². The molecule has 4 aromatic heterocycles. The molecular weight excluding hydrogens is 585 g/mol. The van der Waals surface area contributed by atoms with E-state index >= 15 is 0 Å². The molecule has 2 aromatic carbocycles. The highest BCUT2D eigenvalue weighted by Gasteiger charge is 2.28. The van der Waals surface area contributed by atoms with Crippen molar-refractivity contribution < 1.29 is 18.7 Å². The van der Waals surface area contributed by atoms with Crippen molar-refractivity contribution >= 4 is 44.9 Å². The van der Waals surface area contributed by atoms with Crippen molar-refractivity contribution in [3.8, 4) is 27.4 Å². The number of hydrogen-bond donors (Lipinski definition) is 3. The van der Waals surface area contributed by atoms with Crippen molar-refractivity contribution in [3.63, 3.8) is 0 Å². The molecule has 1 fully saturated rings. The predicted octanol–water partition coefficient (Wildman–Crippen LogP) is 4.30. The molecule has 5 heterocycles. The zero-order valence-corrected chi connectivity index (χ0v) is 24.3. The summed E-state index contributed by atoms with van der Waals surface area (Å²) in [7, 11) is 0. The number of hydrogen-bond acceptors (Lipinski definition) is 10. The number of nitrogens with zero attached hydrogens (tertiary/aromatic N) is 5. The summed E-state index contributed by atoms with van der Waals surface area (Å²) < 4.78 is 21.9. The summed E-state index contributed by atoms with van der Waals surface area (Å²) in [4.78, 5) is 37.8. The van der Waals surface area contributed by atoms with Crippen LogP contribution in [0.25, 0.3) is 43.5 Å². The number of rotatable bonds is 6. The molecule has 0 radical (unpaired) electrons. The number of carbonyl (C=O) groups is 1. The van der Waals surface area contributed by atoms with E-state index < -0.39 is 17.5 Å². The van der Waals surface area contributed by atoms with E-state index in [1.165, 1.54) is 18.5 Å². The van der Waals surface area contributed by atoms with Gasteiger partial charge in [-0.05, 0) is 37.3 Å². The number of piperazine rings is 1. The Morgan fingerprint density at radius 2 is 1.95 bits per heavy atom. The standard InChI is InChI=1S/C31H26FN7O4S/c1-16(39-30-26(29(33)35-15-36-30)27(37-39)17-10-18(32)12-19(40)11-17)28-25(21-4-2-3-5-22(21)31(42)43-28)23-7-6-20(44-23)13-38-9-8-34-24(41)14-38/h2-7,10-12,15-16,40H,8-9,13-14H2,1H3,(H,34,41)(H2,33,35,36). The Balaban J connectivity index is 1.39. The lowest BCUT2D eigenvalue weighted by molar-refractivity contribution is -0.124. The lowest BCUT2D eigenvalue weighted by Crippen LogP contribution is -2.46. The number of amides is 1. The van der Waals surface area contributed by atoms with E-state index in [1.807, 2.05) is 31.2 Å². The molecule has 1 saturated heterocycles. The summed E-state index contributed by atoms with van der Waals surface area (Å²) in [6, 6.07) is 14.2. The first-order valence-electron chi connectivity index (χ1n) is 13.9. The van der Waals surface area contributed by atoms with E-state index in [-0.39, 0.29) is 28.7 Å². The first-order valence-corrected chi connectivity index (χ1v) is 14.7. The maximum atomic E-state index is 14.3. The second-order valence-corrected chi connectivity index (χ2v) is 11.8. The van der Waals surface area contributed by atoms with Gasteiger partial charge in [-0.25, -0.2) is 23.8 Å². The third-order valence-corrected chi connectivity index (χ3v) is 8.78. The normalized spacial score (nSPS) is 14.7. The number of benzene rings is 2. The van der Waals surface area contributed by atoms with E-state index in [0.717, 1.165) is 33.3 Å². The maximum absolute atomic E-state index is 14.3. The summed E-state index contributed by atoms with van der Waals surface area (Å²) in [5.74, 6) is -0.430. The van der Waals surface area contributed by atoms with Crippen LogP contribution >= 0.6 is 11.3 Å². The highest BCUT2D eigenvalue weighted by Crippen LogP contribution is 2.41. The number of carbonyl (C=O) groups excluding carboxylic acids is 1. The molecule has 0 spiro atoms. The minimum atomic E-state index is -0.675. The summed E-state index contributed by atoms with van der Waals surface area (Å²) in [5.41, 5.74) is 7.41. The molecule has 13 heteroatoms. The number of nitrogen functional groups attached to an aromatic ring is 1. The average molecular weight is 612 g/mol. The van der Waals surface area contributed by atoms with Crippen molar-refractivity contribution in [2.75, 3.05) is 25.4 Å². The van der Waals surface area contributed by atoms with E-state index in [0.29, 0.717) is 41.8 Å². The van der Waals surface area contributed by atoms with Crippen molar-refractivity contribution in [3.05, 3.63) is 87.8 Å². The van der Waals surface area contributed by atoms with Gasteiger partial charge in [-0.15, -0.1) is 11.3 Å². The van der Waals surface area contributed by atoms with Crippen molar-refractivity contribution in [1.29, 1.82) is 0 Å². The molecule has 1 amide bonds. The number of halogens is 1. The molecule has 0 aliphatic carbocycles. The van der Waals surface area contributed by atoms with Crippen LogP contribution in [0.5, 0.6) is 5.75 Å². The number of phenols is 1. The lowest BCUT2D eigenvalue weighted by Gasteiger charge is -2.25. The summed E-state index contributed by atoms with van der Waals surface area (Å²) in [6.45, 7) is 4.14. The molecule has 1 unspecified atom stereocenters. The molecule has 1 atom stereocenters. The Morgan fingerprint density at radius 1 is 1.14 bits per heavy atom. The Kier molecular flexibility index (Phi) is 6.82. The molecule has 4 N–H and O–H groups in total. The first kappa shape index (κ1) is 27.7. The van der Waals surface area contributed by atoms with Crippen LogP contribution in [-0.4, -0.2) is 55.3 Å². The SMILES string of the molecule is CC(c1oc(=O)c2ccccc2c1-c1ccc(CN2CCNC(=O)C2)s1)n1nc(-c2cc(O)cc(F)c2)c2c(N)ncnc21. The molecule has 0 saturated carbocycles. The summed E-state index contributed by atoms with van der Waals surface area (Å²) in [6.07, 6.45) is 1.30. The van der Waals surface area contributed by atoms with Crippen molar-refractivity contribution in [2.24, 2.45) is 0 Å². The van der Waals surface area contributed by atoms with Gasteiger partial charge in [0, 0.05) is 52.0 Å². The largest absolute Gasteiger partial charge is 0.508 e. The predicted molar refractivity (Wildman–Crippen MR) is 165 cm³/mol. The number of fused-ring (bicyclic) bond motifs is 2. The third-order valence-electron chi connectivity index (χ3n) is 7.69. The number of phenolic OH excluding ortho intramolecular Hbond substituents is 1. The van der Waals surface area contributed by atoms with Crippen LogP contribution in [0.15, 0.2) is 70.1 Å². The summed E-state index contributed by atoms with van der Waals surface area (Å²) >= 11 is 1.56. The maximum Gasteiger partial charge on any atom is 0.343 e. The van der Waals surface area contributed by atoms with E-state index in [4.69, 9.17) is 15.2 Å². The van der Waals surface area contributed by atoms with Crippen LogP contribution in [-0.2, 0) is 11.3 Å². The average Bonchev–Trinajstić information content (AvgIpc) is 3.62. The Labute approximate surface area is 253 Å². The quantitative estimate of drug-likeness (QED) is 0.250. The number of thiophene rings is 1. The second kappa shape index (κ2) is 10.8. The van der Waals surface area contributed by atoms with Crippen LogP contribution in [0.1, 0.15) is 23.6 Å². The summed E-state index contributed by atoms with van der Waals surface area (Å²) in [5, 5.41) is 19.2. The molecule has 0 bridgehead atoms. The van der Waals surface area contributed by atoms with Crippen molar-refractivity contribution in [2.45, 2.75) is 19.5 Å². The van der Waals surface area contributed by atoms with Gasteiger partial charge in [-0.2, -0.15) is 5.10 Å². The molecule has 1 aliphatic heterocycles. The lowest BCUT2D eigenvalue weighted by atomic mass is 10.0. The van der Waals surface area contributed by atoms with Gasteiger partial charge in [0.25, 0.3) is 0 Å². The highest BCUT2D eigenvalue weighted by atomic mass is 32.1. The molecular formula is C31H26FN7O4S. The minimum absolute atomic E-state index is 0.00341. The second-order valence-electron chi connectivity index (χ2n) is 10.6. The van der Waals surface area contributed by atoms with Crippen molar-refractivity contribution in [1.82, 2.24) is 30.0 Å². The molecule has 6 aromatic rings. The monoisotopic (exact) mass is 611 g/mol. The smallest absolute Gasteiger partial charge is 0.343 e. The minimum Gasteiger partial charge on any atom is -0.508 e. The fourth-order valence-corrected chi connectivity index (χ4v) is 6.81. The molecule has 1 aliphatic rings. The van der Waals surface area contributed by atoms with Crippen LogP contribution < -0.4 is 16.7 Å². The highest BCUT2D eigenvalue weighted by molar-refractivity contribution is 7.15. The van der Waals surface area contributed by atoms with Gasteiger partial charge in [0.1, 0.15) is 41.2 Å². The fourth-order valence-electron chi connectivity index (χ4n) is 5.70. The van der Waals surface area contributed by atoms with Gasteiger partial charge in [0.2, 0.25) is 5.91 Å². The number of nitrogens with two attached hydrogens (primary N) is 1. The molecule has 44 heavy (non-hydrogen) atoms. The van der Waals surface area contributed by atoms with E-state index in [9.17, 15) is 19.1 Å². The zero-order valence-electron chi connectivity index (χ0n) is 23.5. The van der Waals surface area contributed by atoms with E-state index in [1.54, 1.807) is 28.2 Å². The van der Waals surface area contributed by atoms with Crippen LogP contribution in [0.2, 0.25) is 0 Å². The third kappa shape index (κ3) is 4.85.